The van der Waals surface area contributed by atoms with Crippen LogP contribution in [0.2, 0.25) is 0 Å². The van der Waals surface area contributed by atoms with Crippen molar-refractivity contribution in [2.24, 2.45) is 0 Å². The zero-order valence-corrected chi connectivity index (χ0v) is 23.9. The first kappa shape index (κ1) is 32.9. The van der Waals surface area contributed by atoms with E-state index in [2.05, 4.69) is 6.92 Å². The third kappa shape index (κ3) is 13.8. The van der Waals surface area contributed by atoms with Crippen molar-refractivity contribution < 1.29 is 36.6 Å². The van der Waals surface area contributed by atoms with Gasteiger partial charge >= 0.3 is 5.97 Å². The zero-order chi connectivity index (χ0) is 27.9. The molecule has 0 saturated carbocycles. The number of nitrogens with zero attached hydrogens (tertiary/aromatic N) is 1. The highest BCUT2D eigenvalue weighted by Crippen LogP contribution is 2.29. The van der Waals surface area contributed by atoms with Crippen LogP contribution in [0, 0.1) is 0 Å². The number of hydrogen-bond acceptors (Lipinski definition) is 7. The topological polar surface area (TPSA) is 138 Å². The highest BCUT2D eigenvalue weighted by atomic mass is 32.3. The van der Waals surface area contributed by atoms with Gasteiger partial charge in [-0.05, 0) is 61.9 Å². The molecule has 0 aliphatic heterocycles. The van der Waals surface area contributed by atoms with Gasteiger partial charge in [-0.3, -0.25) is 4.79 Å². The lowest BCUT2D eigenvalue weighted by atomic mass is 10.0. The van der Waals surface area contributed by atoms with Gasteiger partial charge in [-0.2, -0.15) is 3.71 Å². The Bertz CT molecular complexity index is 1040. The molecule has 1 rings (SSSR count). The maximum atomic E-state index is 12.1. The molecule has 2 N–H and O–H groups in total. The normalized spacial score (nSPS) is 13.1. The quantitative estimate of drug-likeness (QED) is 0.168. The van der Waals surface area contributed by atoms with Crippen molar-refractivity contribution >= 4 is 31.7 Å². The fraction of sp³-hybridized carbons (Fsp3) is 0.654. The van der Waals surface area contributed by atoms with Crippen molar-refractivity contribution in [3.8, 4) is 5.75 Å². The Hall–Kier alpha value is -2.11. The number of carboxylic acids is 1. The number of aliphatic hydroxyl groups is 1. The predicted molar refractivity (Wildman–Crippen MR) is 147 cm³/mol. The Morgan fingerprint density at radius 3 is 2.16 bits per heavy atom. The Labute approximate surface area is 222 Å². The maximum Gasteiger partial charge on any atom is 0.303 e. The van der Waals surface area contributed by atoms with Crippen LogP contribution in [0.25, 0.3) is 0 Å². The number of unbranched alkanes of at least 4 members (excludes halogenated alkanes) is 7. The second-order valence-corrected chi connectivity index (χ2v) is 13.3. The van der Waals surface area contributed by atoms with Crippen molar-refractivity contribution in [1.82, 2.24) is 0 Å². The molecule has 1 atom stereocenters. The molecule has 0 spiro atoms. The number of anilines is 1. The summed E-state index contributed by atoms with van der Waals surface area (Å²) in [6, 6.07) is 4.05. The van der Waals surface area contributed by atoms with Crippen LogP contribution in [-0.4, -0.2) is 51.6 Å². The van der Waals surface area contributed by atoms with E-state index in [1.54, 1.807) is 0 Å². The number of carbonyl (C=O) groups is 1. The minimum Gasteiger partial charge on any atom is -0.481 e. The average molecular weight is 562 g/mol. The molecule has 0 aromatic heterocycles. The summed E-state index contributed by atoms with van der Waals surface area (Å²) >= 11 is 0. The van der Waals surface area contributed by atoms with Gasteiger partial charge < -0.3 is 14.9 Å². The molecule has 0 aliphatic carbocycles. The molecular formula is C26H43NO8S2. The molecule has 0 saturated heterocycles. The molecule has 0 fully saturated rings. The number of hydrogen-bond donors (Lipinski definition) is 2. The summed E-state index contributed by atoms with van der Waals surface area (Å²) in [6.45, 7) is 2.20. The molecule has 1 aromatic rings. The first-order valence-corrected chi connectivity index (χ1v) is 16.6. The summed E-state index contributed by atoms with van der Waals surface area (Å²) in [4.78, 5) is 11.1. The van der Waals surface area contributed by atoms with E-state index in [0.717, 1.165) is 51.0 Å². The first-order chi connectivity index (χ1) is 17.4. The average Bonchev–Trinajstić information content (AvgIpc) is 2.78. The van der Waals surface area contributed by atoms with E-state index in [0.29, 0.717) is 15.0 Å². The predicted octanol–water partition coefficient (Wildman–Crippen LogP) is 4.99. The molecule has 1 aromatic carbocycles. The van der Waals surface area contributed by atoms with Crippen LogP contribution in [0.5, 0.6) is 5.75 Å². The monoisotopic (exact) mass is 561 g/mol. The Morgan fingerprint density at radius 2 is 1.57 bits per heavy atom. The van der Waals surface area contributed by atoms with Gasteiger partial charge in [0.05, 0.1) is 30.6 Å². The Balaban J connectivity index is 2.64. The van der Waals surface area contributed by atoms with E-state index in [1.165, 1.54) is 56.6 Å². The zero-order valence-electron chi connectivity index (χ0n) is 22.3. The number of aliphatic hydroxyl groups excluding tert-OH is 1. The Morgan fingerprint density at radius 1 is 0.973 bits per heavy atom. The van der Waals surface area contributed by atoms with Crippen molar-refractivity contribution in [2.75, 3.05) is 16.2 Å². The van der Waals surface area contributed by atoms with Gasteiger partial charge in [-0.1, -0.05) is 51.9 Å². The van der Waals surface area contributed by atoms with Gasteiger partial charge in [-0.25, -0.2) is 16.8 Å². The molecule has 11 heteroatoms. The van der Waals surface area contributed by atoms with Crippen LogP contribution in [0.1, 0.15) is 89.5 Å². The van der Waals surface area contributed by atoms with E-state index in [1.807, 2.05) is 6.08 Å². The van der Waals surface area contributed by atoms with Crippen LogP contribution < -0.4 is 8.45 Å². The molecular weight excluding hydrogens is 518 g/mol. The first-order valence-electron chi connectivity index (χ1n) is 12.9. The summed E-state index contributed by atoms with van der Waals surface area (Å²) in [5.41, 5.74) is 0.265. The second-order valence-electron chi connectivity index (χ2n) is 9.39. The number of sulfonamides is 2. The SMILES string of the molecule is CCCCCCCCC(O)CCCC/C=C/Oc1ccc(N(S(C)(=O)=O)S(C)(=O)=O)cc1CCC(=O)O. The van der Waals surface area contributed by atoms with E-state index >= 15 is 0 Å². The lowest BCUT2D eigenvalue weighted by Gasteiger charge is -2.21. The molecule has 0 bridgehead atoms. The van der Waals surface area contributed by atoms with E-state index in [4.69, 9.17) is 9.84 Å². The number of rotatable bonds is 20. The van der Waals surface area contributed by atoms with Crippen molar-refractivity contribution in [2.45, 2.75) is 96.5 Å². The van der Waals surface area contributed by atoms with Gasteiger partial charge in [0.1, 0.15) is 5.75 Å². The standard InChI is InChI=1S/C26H43NO8S2/c1-4-5-6-7-8-11-14-24(28)15-12-9-10-13-20-35-25-18-17-23(21-22(25)16-19-26(29)30)27(36(2,31)32)37(3,33)34/h13,17-18,20-21,24,28H,4-12,14-16,19H2,1-3H3,(H,29,30)/b20-13+. The largest absolute Gasteiger partial charge is 0.481 e. The summed E-state index contributed by atoms with van der Waals surface area (Å²) in [5.74, 6) is -0.730. The fourth-order valence-electron chi connectivity index (χ4n) is 4.00. The lowest BCUT2D eigenvalue weighted by Crippen LogP contribution is -2.35. The van der Waals surface area contributed by atoms with Crippen LogP contribution in [-0.2, 0) is 31.3 Å². The van der Waals surface area contributed by atoms with E-state index < -0.39 is 26.0 Å². The molecule has 9 nitrogen and oxygen atoms in total. The number of ether oxygens (including phenoxy) is 1. The van der Waals surface area contributed by atoms with E-state index in [9.17, 15) is 26.7 Å². The van der Waals surface area contributed by atoms with Crippen molar-refractivity contribution in [1.29, 1.82) is 0 Å². The third-order valence-corrected chi connectivity index (χ3v) is 9.06. The summed E-state index contributed by atoms with van der Waals surface area (Å²) in [7, 11) is -8.25. The third-order valence-electron chi connectivity index (χ3n) is 5.81. The molecule has 0 heterocycles. The summed E-state index contributed by atoms with van der Waals surface area (Å²) < 4.78 is 54.3. The molecule has 212 valence electrons. The molecule has 0 amide bonds. The van der Waals surface area contributed by atoms with Gasteiger partial charge in [0, 0.05) is 6.42 Å². The number of allylic oxidation sites excluding steroid dienone is 1. The molecule has 0 aliphatic rings. The molecule has 37 heavy (non-hydrogen) atoms. The van der Waals surface area contributed by atoms with Gasteiger partial charge in [-0.15, -0.1) is 0 Å². The van der Waals surface area contributed by atoms with Gasteiger partial charge in [0.2, 0.25) is 20.0 Å². The molecule has 0 radical (unpaired) electrons. The fourth-order valence-corrected chi connectivity index (χ4v) is 6.96. The number of benzene rings is 1. The second kappa shape index (κ2) is 16.7. The van der Waals surface area contributed by atoms with Crippen LogP contribution in [0.3, 0.4) is 0 Å². The summed E-state index contributed by atoms with van der Waals surface area (Å²) in [6.07, 6.45) is 15.8. The van der Waals surface area contributed by atoms with E-state index in [-0.39, 0.29) is 24.6 Å². The van der Waals surface area contributed by atoms with Crippen LogP contribution in [0.15, 0.2) is 30.5 Å². The minimum atomic E-state index is -4.13. The van der Waals surface area contributed by atoms with Crippen molar-refractivity contribution in [3.63, 3.8) is 0 Å². The van der Waals surface area contributed by atoms with Gasteiger partial charge in [0.25, 0.3) is 0 Å². The number of aliphatic carboxylic acids is 1. The van der Waals surface area contributed by atoms with Gasteiger partial charge in [0.15, 0.2) is 0 Å². The summed E-state index contributed by atoms with van der Waals surface area (Å²) in [5, 5.41) is 19.2. The van der Waals surface area contributed by atoms with Crippen molar-refractivity contribution in [3.05, 3.63) is 36.1 Å². The maximum absolute atomic E-state index is 12.1. The minimum absolute atomic E-state index is 0.0319. The molecule has 1 unspecified atom stereocenters. The smallest absolute Gasteiger partial charge is 0.303 e. The Kier molecular flexibility index (Phi) is 14.8. The van der Waals surface area contributed by atoms with Crippen LogP contribution in [0.4, 0.5) is 5.69 Å². The highest BCUT2D eigenvalue weighted by Gasteiger charge is 2.28. The lowest BCUT2D eigenvalue weighted by molar-refractivity contribution is -0.136. The highest BCUT2D eigenvalue weighted by molar-refractivity contribution is 8.09. The van der Waals surface area contributed by atoms with Crippen LogP contribution >= 0.6 is 0 Å². The number of carboxylic acid groups (broad SMARTS) is 1. The number of aryl methyl sites for hydroxylation is 1.